The molecule has 0 aliphatic rings. The van der Waals surface area contributed by atoms with Gasteiger partial charge in [-0.25, -0.2) is 0 Å². The number of carbonyl (C=O) groups excluding carboxylic acids is 1. The molecule has 2 aromatic carbocycles. The zero-order valence-corrected chi connectivity index (χ0v) is 16.3. The van der Waals surface area contributed by atoms with E-state index >= 15 is 0 Å². The molecule has 0 radical (unpaired) electrons. The molecule has 1 heterocycles. The van der Waals surface area contributed by atoms with E-state index in [4.69, 9.17) is 0 Å². The Kier molecular flexibility index (Phi) is 6.16. The van der Waals surface area contributed by atoms with Crippen molar-refractivity contribution in [2.24, 2.45) is 0 Å². The van der Waals surface area contributed by atoms with Gasteiger partial charge in [0, 0.05) is 35.7 Å². The minimum Gasteiger partial charge on any atom is -0.372 e. The predicted octanol–water partition coefficient (Wildman–Crippen LogP) is 4.41. The lowest BCUT2D eigenvalue weighted by atomic mass is 10.1. The molecule has 7 nitrogen and oxygen atoms in total. The highest BCUT2D eigenvalue weighted by atomic mass is 16.1. The molecule has 3 aromatic rings. The molecule has 0 saturated heterocycles. The number of benzene rings is 2. The summed E-state index contributed by atoms with van der Waals surface area (Å²) in [6.45, 7) is 7.76. The van der Waals surface area contributed by atoms with Crippen molar-refractivity contribution in [2.75, 3.05) is 28.6 Å². The van der Waals surface area contributed by atoms with Crippen LogP contribution in [0.4, 0.5) is 28.8 Å². The quantitative estimate of drug-likeness (QED) is 0.564. The van der Waals surface area contributed by atoms with Gasteiger partial charge in [-0.2, -0.15) is 10.1 Å². The second-order valence-corrected chi connectivity index (χ2v) is 6.27. The Morgan fingerprint density at radius 3 is 2.14 bits per heavy atom. The Bertz CT molecular complexity index is 920. The van der Waals surface area contributed by atoms with Gasteiger partial charge in [-0.1, -0.05) is 0 Å². The zero-order chi connectivity index (χ0) is 19.9. The third-order valence-electron chi connectivity index (χ3n) is 4.37. The van der Waals surface area contributed by atoms with E-state index in [2.05, 4.69) is 56.7 Å². The average molecular weight is 376 g/mol. The van der Waals surface area contributed by atoms with E-state index in [9.17, 15) is 4.79 Å². The van der Waals surface area contributed by atoms with Crippen LogP contribution in [0.15, 0.2) is 54.7 Å². The van der Waals surface area contributed by atoms with Gasteiger partial charge in [0.2, 0.25) is 5.95 Å². The molecule has 144 valence electrons. The molecule has 0 bridgehead atoms. The van der Waals surface area contributed by atoms with Crippen molar-refractivity contribution in [3.63, 3.8) is 0 Å². The number of hydrogen-bond acceptors (Lipinski definition) is 7. The first-order valence-electron chi connectivity index (χ1n) is 9.28. The van der Waals surface area contributed by atoms with Crippen molar-refractivity contribution in [3.8, 4) is 0 Å². The first kappa shape index (κ1) is 19.3. The fraction of sp³-hybridized carbons (Fsp3) is 0.238. The highest BCUT2D eigenvalue weighted by Gasteiger charge is 2.05. The van der Waals surface area contributed by atoms with Crippen LogP contribution < -0.4 is 15.5 Å². The van der Waals surface area contributed by atoms with Crippen LogP contribution in [-0.2, 0) is 0 Å². The average Bonchev–Trinajstić information content (AvgIpc) is 2.71. The minimum atomic E-state index is 0.0359. The van der Waals surface area contributed by atoms with E-state index in [0.29, 0.717) is 17.3 Å². The van der Waals surface area contributed by atoms with Crippen LogP contribution >= 0.6 is 0 Å². The van der Waals surface area contributed by atoms with Crippen molar-refractivity contribution in [2.45, 2.75) is 20.8 Å². The predicted molar refractivity (Wildman–Crippen MR) is 113 cm³/mol. The Labute approximate surface area is 164 Å². The van der Waals surface area contributed by atoms with Crippen molar-refractivity contribution in [1.82, 2.24) is 15.2 Å². The third-order valence-corrected chi connectivity index (χ3v) is 4.37. The molecule has 28 heavy (non-hydrogen) atoms. The van der Waals surface area contributed by atoms with E-state index in [1.165, 1.54) is 5.69 Å². The molecule has 0 spiro atoms. The molecule has 0 atom stereocenters. The lowest BCUT2D eigenvalue weighted by Crippen LogP contribution is -2.21. The Morgan fingerprint density at radius 2 is 1.54 bits per heavy atom. The van der Waals surface area contributed by atoms with E-state index < -0.39 is 0 Å². The summed E-state index contributed by atoms with van der Waals surface area (Å²) in [6, 6.07) is 15.3. The molecule has 7 heteroatoms. The number of nitrogens with zero attached hydrogens (tertiary/aromatic N) is 4. The van der Waals surface area contributed by atoms with E-state index in [1.54, 1.807) is 25.3 Å². The van der Waals surface area contributed by atoms with E-state index in [-0.39, 0.29) is 5.78 Å². The summed E-state index contributed by atoms with van der Waals surface area (Å²) in [5.41, 5.74) is 3.56. The molecule has 0 unspecified atom stereocenters. The van der Waals surface area contributed by atoms with Crippen LogP contribution in [0.5, 0.6) is 0 Å². The second kappa shape index (κ2) is 8.94. The number of anilines is 5. The maximum Gasteiger partial charge on any atom is 0.249 e. The molecule has 0 amide bonds. The van der Waals surface area contributed by atoms with Gasteiger partial charge in [-0.05, 0) is 69.3 Å². The van der Waals surface area contributed by atoms with Crippen molar-refractivity contribution >= 4 is 34.6 Å². The highest BCUT2D eigenvalue weighted by molar-refractivity contribution is 5.94. The normalized spacial score (nSPS) is 10.4. The van der Waals surface area contributed by atoms with Gasteiger partial charge in [-0.15, -0.1) is 5.10 Å². The van der Waals surface area contributed by atoms with Gasteiger partial charge < -0.3 is 15.5 Å². The summed E-state index contributed by atoms with van der Waals surface area (Å²) in [7, 11) is 0. The van der Waals surface area contributed by atoms with Gasteiger partial charge in [0.25, 0.3) is 0 Å². The Balaban J connectivity index is 1.68. The summed E-state index contributed by atoms with van der Waals surface area (Å²) < 4.78 is 0. The van der Waals surface area contributed by atoms with E-state index in [0.717, 1.165) is 24.5 Å². The number of aromatic nitrogens is 3. The van der Waals surface area contributed by atoms with Crippen molar-refractivity contribution in [1.29, 1.82) is 0 Å². The minimum absolute atomic E-state index is 0.0359. The number of hydrogen-bond donors (Lipinski definition) is 2. The summed E-state index contributed by atoms with van der Waals surface area (Å²) in [4.78, 5) is 18.1. The van der Waals surface area contributed by atoms with Crippen LogP contribution in [-0.4, -0.2) is 34.1 Å². The standard InChI is InChI=1S/C21H24N6O/c1-4-27(5-2)19-12-10-18(11-13-19)24-21-25-20(14-22-26-21)23-17-8-6-16(7-9-17)15(3)28/h6-14H,4-5H2,1-3H3,(H2,23,24,25,26). The lowest BCUT2D eigenvalue weighted by Gasteiger charge is -2.21. The van der Waals surface area contributed by atoms with Gasteiger partial charge in [-0.3, -0.25) is 4.79 Å². The maximum absolute atomic E-state index is 11.4. The number of rotatable bonds is 8. The number of ketones is 1. The highest BCUT2D eigenvalue weighted by Crippen LogP contribution is 2.21. The summed E-state index contributed by atoms with van der Waals surface area (Å²) in [6.07, 6.45) is 1.55. The summed E-state index contributed by atoms with van der Waals surface area (Å²) >= 11 is 0. The molecule has 1 aromatic heterocycles. The van der Waals surface area contributed by atoms with Crippen LogP contribution in [0.25, 0.3) is 0 Å². The summed E-state index contributed by atoms with van der Waals surface area (Å²) in [5.74, 6) is 1.00. The van der Waals surface area contributed by atoms with E-state index in [1.807, 2.05) is 24.3 Å². The molecule has 2 N–H and O–H groups in total. The smallest absolute Gasteiger partial charge is 0.249 e. The van der Waals surface area contributed by atoms with Crippen molar-refractivity contribution in [3.05, 3.63) is 60.3 Å². The molecule has 0 aliphatic carbocycles. The van der Waals surface area contributed by atoms with Gasteiger partial charge in [0.05, 0.1) is 6.20 Å². The van der Waals surface area contributed by atoms with Crippen LogP contribution in [0, 0.1) is 0 Å². The molecule has 0 fully saturated rings. The van der Waals surface area contributed by atoms with Gasteiger partial charge in [0.1, 0.15) is 0 Å². The SMILES string of the molecule is CCN(CC)c1ccc(Nc2nncc(Nc3ccc(C(C)=O)cc3)n2)cc1. The molecular weight excluding hydrogens is 352 g/mol. The first-order chi connectivity index (χ1) is 13.6. The first-order valence-corrected chi connectivity index (χ1v) is 9.28. The fourth-order valence-corrected chi connectivity index (χ4v) is 2.83. The maximum atomic E-state index is 11.4. The fourth-order valence-electron chi connectivity index (χ4n) is 2.83. The molecular formula is C21H24N6O. The molecule has 3 rings (SSSR count). The number of nitrogens with one attached hydrogen (secondary N) is 2. The Morgan fingerprint density at radius 1 is 0.929 bits per heavy atom. The third kappa shape index (κ3) is 4.82. The zero-order valence-electron chi connectivity index (χ0n) is 16.3. The van der Waals surface area contributed by atoms with Crippen molar-refractivity contribution < 1.29 is 4.79 Å². The molecule has 0 saturated carbocycles. The Hall–Kier alpha value is -3.48. The van der Waals surface area contributed by atoms with Crippen LogP contribution in [0.3, 0.4) is 0 Å². The number of Topliss-reactive ketones (excluding diaryl/α,β-unsaturated/α-hetero) is 1. The van der Waals surface area contributed by atoms with Crippen LogP contribution in [0.1, 0.15) is 31.1 Å². The van der Waals surface area contributed by atoms with Gasteiger partial charge in [0.15, 0.2) is 11.6 Å². The van der Waals surface area contributed by atoms with Gasteiger partial charge >= 0.3 is 0 Å². The summed E-state index contributed by atoms with van der Waals surface area (Å²) in [5, 5.41) is 14.4. The monoisotopic (exact) mass is 376 g/mol. The van der Waals surface area contributed by atoms with Crippen LogP contribution in [0.2, 0.25) is 0 Å². The second-order valence-electron chi connectivity index (χ2n) is 6.27. The largest absolute Gasteiger partial charge is 0.372 e. The number of carbonyl (C=O) groups is 1. The topological polar surface area (TPSA) is 83.0 Å². The molecule has 0 aliphatic heterocycles. The lowest BCUT2D eigenvalue weighted by molar-refractivity contribution is 0.101.